The Balaban J connectivity index is 1.83. The molecule has 20 heavy (non-hydrogen) atoms. The van der Waals surface area contributed by atoms with Gasteiger partial charge in [0.1, 0.15) is 11.4 Å². The van der Waals surface area contributed by atoms with E-state index >= 15 is 0 Å². The Morgan fingerprint density at radius 1 is 1.50 bits per heavy atom. The second-order valence-electron chi connectivity index (χ2n) is 5.38. The van der Waals surface area contributed by atoms with E-state index in [-0.39, 0.29) is 17.6 Å². The number of carboxylic acids is 2. The summed E-state index contributed by atoms with van der Waals surface area (Å²) in [6.07, 6.45) is 0.236. The van der Waals surface area contributed by atoms with E-state index < -0.39 is 29.3 Å². The summed E-state index contributed by atoms with van der Waals surface area (Å²) in [7, 11) is 0. The summed E-state index contributed by atoms with van der Waals surface area (Å²) < 4.78 is 0. The first-order valence-electron chi connectivity index (χ1n) is 6.15. The van der Waals surface area contributed by atoms with E-state index in [0.717, 1.165) is 0 Å². The Kier molecular flexibility index (Phi) is 2.80. The van der Waals surface area contributed by atoms with Crippen LogP contribution in [-0.2, 0) is 9.59 Å². The molecule has 4 unspecified atom stereocenters. The second kappa shape index (κ2) is 4.19. The Morgan fingerprint density at radius 3 is 2.70 bits per heavy atom. The van der Waals surface area contributed by atoms with Crippen LogP contribution in [0.3, 0.4) is 0 Å². The van der Waals surface area contributed by atoms with Crippen LogP contribution in [-0.4, -0.2) is 48.1 Å². The first kappa shape index (κ1) is 13.4. The minimum atomic E-state index is -1.46. The number of fused-ring (bicyclic) bond motifs is 1. The molecule has 1 heterocycles. The van der Waals surface area contributed by atoms with Crippen molar-refractivity contribution in [2.24, 2.45) is 23.5 Å². The topological polar surface area (TPSA) is 142 Å². The van der Waals surface area contributed by atoms with E-state index in [2.05, 4.69) is 15.2 Å². The standard InChI is InChI=1S/C11H14N4O4S/c1-3-13-10(15-14-3)20-4-2-11(12,9(18)19)7-5(4)6(7)8(16)17/h4-7H,2,12H2,1H3,(H,16,17)(H,18,19)(H,13,14,15)/t4?,5?,6?,7-,11?/m0/s1. The Morgan fingerprint density at radius 2 is 2.20 bits per heavy atom. The van der Waals surface area contributed by atoms with Crippen molar-refractivity contribution in [3.8, 4) is 0 Å². The van der Waals surface area contributed by atoms with Gasteiger partial charge in [0.05, 0.1) is 5.92 Å². The lowest BCUT2D eigenvalue weighted by Crippen LogP contribution is -2.50. The number of nitrogens with two attached hydrogens (primary N) is 1. The van der Waals surface area contributed by atoms with E-state index in [4.69, 9.17) is 10.8 Å². The first-order chi connectivity index (χ1) is 9.34. The van der Waals surface area contributed by atoms with Crippen LogP contribution in [0.1, 0.15) is 12.2 Å². The molecule has 2 fully saturated rings. The summed E-state index contributed by atoms with van der Waals surface area (Å²) in [5, 5.41) is 25.5. The van der Waals surface area contributed by atoms with Gasteiger partial charge in [0, 0.05) is 11.2 Å². The molecule has 0 amide bonds. The molecule has 3 rings (SSSR count). The average Bonchev–Trinajstić information content (AvgIpc) is 2.90. The molecule has 1 aromatic rings. The van der Waals surface area contributed by atoms with Gasteiger partial charge in [-0.15, -0.1) is 5.10 Å². The van der Waals surface area contributed by atoms with E-state index in [1.54, 1.807) is 6.92 Å². The van der Waals surface area contributed by atoms with Gasteiger partial charge in [-0.25, -0.2) is 4.98 Å². The molecule has 0 bridgehead atoms. The molecule has 0 spiro atoms. The van der Waals surface area contributed by atoms with Gasteiger partial charge in [-0.05, 0) is 19.3 Å². The van der Waals surface area contributed by atoms with Gasteiger partial charge < -0.3 is 15.9 Å². The zero-order valence-corrected chi connectivity index (χ0v) is 11.4. The number of aliphatic carboxylic acids is 2. The summed E-state index contributed by atoms with van der Waals surface area (Å²) in [5.41, 5.74) is 4.48. The van der Waals surface area contributed by atoms with Gasteiger partial charge in [0.25, 0.3) is 0 Å². The zero-order valence-electron chi connectivity index (χ0n) is 10.6. The maximum Gasteiger partial charge on any atom is 0.324 e. The highest BCUT2D eigenvalue weighted by Gasteiger charge is 2.74. The van der Waals surface area contributed by atoms with E-state index in [0.29, 0.717) is 11.0 Å². The fraction of sp³-hybridized carbons (Fsp3) is 0.636. The van der Waals surface area contributed by atoms with Gasteiger partial charge >= 0.3 is 11.9 Å². The number of carboxylic acid groups (broad SMARTS) is 2. The molecule has 5 N–H and O–H groups in total. The van der Waals surface area contributed by atoms with Crippen molar-refractivity contribution in [3.05, 3.63) is 5.82 Å². The smallest absolute Gasteiger partial charge is 0.324 e. The largest absolute Gasteiger partial charge is 0.481 e. The number of thioether (sulfide) groups is 1. The second-order valence-corrected chi connectivity index (χ2v) is 6.58. The highest BCUT2D eigenvalue weighted by Crippen LogP contribution is 2.65. The molecular weight excluding hydrogens is 284 g/mol. The van der Waals surface area contributed by atoms with Crippen molar-refractivity contribution in [1.29, 1.82) is 0 Å². The summed E-state index contributed by atoms with van der Waals surface area (Å²) in [6.45, 7) is 1.76. The molecule has 5 atom stereocenters. The number of H-pyrrole nitrogens is 1. The van der Waals surface area contributed by atoms with E-state index in [9.17, 15) is 14.7 Å². The van der Waals surface area contributed by atoms with Crippen molar-refractivity contribution >= 4 is 23.7 Å². The van der Waals surface area contributed by atoms with Crippen LogP contribution in [0, 0.1) is 24.7 Å². The first-order valence-corrected chi connectivity index (χ1v) is 7.03. The van der Waals surface area contributed by atoms with Crippen LogP contribution < -0.4 is 5.73 Å². The molecule has 9 heteroatoms. The number of aromatic amines is 1. The summed E-state index contributed by atoms with van der Waals surface area (Å²) >= 11 is 1.30. The van der Waals surface area contributed by atoms with Crippen LogP contribution in [0.4, 0.5) is 0 Å². The molecule has 0 saturated heterocycles. The van der Waals surface area contributed by atoms with Crippen molar-refractivity contribution in [1.82, 2.24) is 15.2 Å². The number of nitrogens with zero attached hydrogens (tertiary/aromatic N) is 2. The van der Waals surface area contributed by atoms with Gasteiger partial charge in [-0.1, -0.05) is 11.8 Å². The monoisotopic (exact) mass is 298 g/mol. The number of aromatic nitrogens is 3. The molecular formula is C11H14N4O4S. The van der Waals surface area contributed by atoms with Crippen molar-refractivity contribution in [2.45, 2.75) is 29.3 Å². The third kappa shape index (κ3) is 1.80. The zero-order chi connectivity index (χ0) is 14.7. The molecule has 2 aliphatic carbocycles. The highest BCUT2D eigenvalue weighted by atomic mass is 32.2. The van der Waals surface area contributed by atoms with E-state index in [1.807, 2.05) is 0 Å². The van der Waals surface area contributed by atoms with Crippen LogP contribution in [0.5, 0.6) is 0 Å². The summed E-state index contributed by atoms with van der Waals surface area (Å²) in [5.74, 6) is -2.86. The minimum Gasteiger partial charge on any atom is -0.481 e. The molecule has 2 saturated carbocycles. The van der Waals surface area contributed by atoms with Crippen LogP contribution in [0.15, 0.2) is 5.16 Å². The van der Waals surface area contributed by atoms with Gasteiger partial charge in [-0.3, -0.25) is 14.7 Å². The fourth-order valence-corrected chi connectivity index (χ4v) is 4.66. The SMILES string of the molecule is Cc1nc(SC2CC(N)(C(=O)O)[C@@H]3C(C(=O)O)C23)n[nH]1. The maximum absolute atomic E-state index is 11.4. The third-order valence-electron chi connectivity index (χ3n) is 4.16. The molecule has 8 nitrogen and oxygen atoms in total. The van der Waals surface area contributed by atoms with Crippen molar-refractivity contribution in [3.63, 3.8) is 0 Å². The molecule has 2 aliphatic rings. The van der Waals surface area contributed by atoms with Gasteiger partial charge in [0.2, 0.25) is 5.16 Å². The lowest BCUT2D eigenvalue weighted by atomic mass is 9.91. The maximum atomic E-state index is 11.4. The quantitative estimate of drug-likeness (QED) is 0.593. The number of carbonyl (C=O) groups is 2. The number of nitrogens with one attached hydrogen (secondary N) is 1. The Bertz CT molecular complexity index is 591. The normalized spacial score (nSPS) is 38.5. The molecule has 108 valence electrons. The Hall–Kier alpha value is -1.61. The summed E-state index contributed by atoms with van der Waals surface area (Å²) in [6, 6.07) is 0. The number of aryl methyl sites for hydroxylation is 1. The van der Waals surface area contributed by atoms with E-state index in [1.165, 1.54) is 11.8 Å². The minimum absolute atomic E-state index is 0.183. The molecule has 0 aromatic carbocycles. The predicted octanol–water partition coefficient (Wildman–Crippen LogP) is -0.294. The highest BCUT2D eigenvalue weighted by molar-refractivity contribution is 7.99. The van der Waals surface area contributed by atoms with Crippen molar-refractivity contribution in [2.75, 3.05) is 0 Å². The van der Waals surface area contributed by atoms with Gasteiger partial charge in [-0.2, -0.15) is 0 Å². The average molecular weight is 298 g/mol. The molecule has 1 aromatic heterocycles. The number of hydrogen-bond donors (Lipinski definition) is 4. The molecule has 0 radical (unpaired) electrons. The summed E-state index contributed by atoms with van der Waals surface area (Å²) in [4.78, 5) is 26.7. The van der Waals surface area contributed by atoms with Crippen LogP contribution in [0.2, 0.25) is 0 Å². The predicted molar refractivity (Wildman–Crippen MR) is 68.0 cm³/mol. The fourth-order valence-electron chi connectivity index (χ4n) is 3.24. The van der Waals surface area contributed by atoms with Crippen LogP contribution in [0.25, 0.3) is 0 Å². The number of hydrogen-bond acceptors (Lipinski definition) is 6. The van der Waals surface area contributed by atoms with Gasteiger partial charge in [0.15, 0.2) is 0 Å². The lowest BCUT2D eigenvalue weighted by Gasteiger charge is -2.23. The third-order valence-corrected chi connectivity index (χ3v) is 5.33. The van der Waals surface area contributed by atoms with Crippen LogP contribution >= 0.6 is 11.8 Å². The lowest BCUT2D eigenvalue weighted by molar-refractivity contribution is -0.145. The molecule has 0 aliphatic heterocycles. The number of rotatable bonds is 4. The Labute approximate surface area is 118 Å². The van der Waals surface area contributed by atoms with Crippen molar-refractivity contribution < 1.29 is 19.8 Å².